The predicted octanol–water partition coefficient (Wildman–Crippen LogP) is 3.30. The van der Waals surface area contributed by atoms with Gasteiger partial charge >= 0.3 is 0 Å². The summed E-state index contributed by atoms with van der Waals surface area (Å²) in [5, 5.41) is 8.04. The number of aromatic nitrogens is 5. The molecule has 1 amide bonds. The van der Waals surface area contributed by atoms with Crippen molar-refractivity contribution in [1.29, 1.82) is 0 Å². The molecule has 0 spiro atoms. The first kappa shape index (κ1) is 17.6. The van der Waals surface area contributed by atoms with Gasteiger partial charge in [0, 0.05) is 42.6 Å². The Bertz CT molecular complexity index is 921. The molecule has 7 nitrogen and oxygen atoms in total. The fourth-order valence-corrected chi connectivity index (χ4v) is 3.58. The van der Waals surface area contributed by atoms with Gasteiger partial charge in [-0.05, 0) is 31.7 Å². The van der Waals surface area contributed by atoms with Crippen LogP contribution in [0.15, 0.2) is 49.4 Å². The van der Waals surface area contributed by atoms with Crippen molar-refractivity contribution in [2.75, 3.05) is 0 Å². The Labute approximate surface area is 161 Å². The minimum Gasteiger partial charge on any atom is -0.349 e. The van der Waals surface area contributed by atoms with E-state index in [0.29, 0.717) is 16.6 Å². The molecule has 27 heavy (non-hydrogen) atoms. The molecule has 0 saturated heterocycles. The van der Waals surface area contributed by atoms with Gasteiger partial charge in [-0.3, -0.25) is 24.4 Å². The molecule has 1 N–H and O–H groups in total. The van der Waals surface area contributed by atoms with Crippen LogP contribution in [-0.2, 0) is 0 Å². The Balaban J connectivity index is 1.34. The van der Waals surface area contributed by atoms with E-state index in [2.05, 4.69) is 25.4 Å². The van der Waals surface area contributed by atoms with E-state index in [1.807, 2.05) is 17.1 Å². The van der Waals surface area contributed by atoms with E-state index in [1.165, 1.54) is 12.4 Å². The highest BCUT2D eigenvalue weighted by Crippen LogP contribution is 2.29. The van der Waals surface area contributed by atoms with Crippen molar-refractivity contribution in [2.45, 2.75) is 37.8 Å². The topological polar surface area (TPSA) is 85.6 Å². The van der Waals surface area contributed by atoms with Crippen LogP contribution in [0.3, 0.4) is 0 Å². The molecule has 3 aromatic heterocycles. The number of hydrogen-bond acceptors (Lipinski definition) is 5. The summed E-state index contributed by atoms with van der Waals surface area (Å²) in [5.74, 6) is -0.127. The molecular weight excluding hydrogens is 364 g/mol. The van der Waals surface area contributed by atoms with Crippen molar-refractivity contribution >= 4 is 17.5 Å². The molecule has 0 radical (unpaired) electrons. The van der Waals surface area contributed by atoms with Crippen molar-refractivity contribution in [1.82, 2.24) is 30.0 Å². The van der Waals surface area contributed by atoms with E-state index >= 15 is 0 Å². The first-order valence-corrected chi connectivity index (χ1v) is 9.29. The fourth-order valence-electron chi connectivity index (χ4n) is 3.41. The third kappa shape index (κ3) is 4.14. The highest BCUT2D eigenvalue weighted by Gasteiger charge is 2.24. The summed E-state index contributed by atoms with van der Waals surface area (Å²) >= 11 is 5.90. The van der Waals surface area contributed by atoms with Crippen LogP contribution in [0, 0.1) is 0 Å². The minimum absolute atomic E-state index is 0.127. The maximum atomic E-state index is 12.3. The summed E-state index contributed by atoms with van der Waals surface area (Å²) in [5.41, 5.74) is 2.28. The summed E-state index contributed by atoms with van der Waals surface area (Å²) in [6.45, 7) is 0. The quantitative estimate of drug-likeness (QED) is 0.748. The smallest absolute Gasteiger partial charge is 0.253 e. The number of halogens is 1. The lowest BCUT2D eigenvalue weighted by atomic mass is 9.91. The average Bonchev–Trinajstić information content (AvgIpc) is 3.19. The summed E-state index contributed by atoms with van der Waals surface area (Å²) in [7, 11) is 0. The predicted molar refractivity (Wildman–Crippen MR) is 101 cm³/mol. The zero-order chi connectivity index (χ0) is 18.6. The Morgan fingerprint density at radius 2 is 1.93 bits per heavy atom. The molecule has 1 fully saturated rings. The number of hydrogen-bond donors (Lipinski definition) is 1. The van der Waals surface area contributed by atoms with Gasteiger partial charge in [0.1, 0.15) is 0 Å². The molecule has 1 aliphatic carbocycles. The average molecular weight is 383 g/mol. The maximum Gasteiger partial charge on any atom is 0.253 e. The van der Waals surface area contributed by atoms with Crippen LogP contribution in [0.25, 0.3) is 11.3 Å². The van der Waals surface area contributed by atoms with E-state index < -0.39 is 0 Å². The van der Waals surface area contributed by atoms with Crippen molar-refractivity contribution in [3.8, 4) is 11.3 Å². The fraction of sp³-hybridized carbons (Fsp3) is 0.316. The second kappa shape index (κ2) is 7.84. The van der Waals surface area contributed by atoms with Gasteiger partial charge in [-0.25, -0.2) is 0 Å². The van der Waals surface area contributed by atoms with Crippen LogP contribution in [-0.4, -0.2) is 36.7 Å². The number of carbonyl (C=O) groups is 1. The van der Waals surface area contributed by atoms with E-state index in [0.717, 1.165) is 36.9 Å². The first-order chi connectivity index (χ1) is 13.2. The zero-order valence-corrected chi connectivity index (χ0v) is 15.4. The normalized spacial score (nSPS) is 19.6. The molecule has 0 aromatic carbocycles. The van der Waals surface area contributed by atoms with E-state index in [1.54, 1.807) is 24.7 Å². The third-order valence-corrected chi connectivity index (χ3v) is 5.04. The van der Waals surface area contributed by atoms with Crippen molar-refractivity contribution in [2.24, 2.45) is 0 Å². The van der Waals surface area contributed by atoms with Gasteiger partial charge in [-0.15, -0.1) is 0 Å². The van der Waals surface area contributed by atoms with E-state index in [9.17, 15) is 4.79 Å². The molecule has 0 bridgehead atoms. The van der Waals surface area contributed by atoms with Crippen LogP contribution in [0.5, 0.6) is 0 Å². The second-order valence-electron chi connectivity index (χ2n) is 6.67. The molecule has 1 saturated carbocycles. The molecule has 0 unspecified atom stereocenters. The van der Waals surface area contributed by atoms with Gasteiger partial charge in [0.15, 0.2) is 0 Å². The molecule has 4 rings (SSSR count). The van der Waals surface area contributed by atoms with Crippen LogP contribution in [0.2, 0.25) is 5.02 Å². The molecule has 1 aliphatic rings. The van der Waals surface area contributed by atoms with Crippen molar-refractivity contribution in [3.63, 3.8) is 0 Å². The lowest BCUT2D eigenvalue weighted by molar-refractivity contribution is 0.0921. The molecular formula is C19H19ClN6O. The number of nitrogens with zero attached hydrogens (tertiary/aromatic N) is 5. The van der Waals surface area contributed by atoms with E-state index in [-0.39, 0.29) is 11.9 Å². The van der Waals surface area contributed by atoms with Gasteiger partial charge in [0.05, 0.1) is 34.7 Å². The number of carbonyl (C=O) groups excluding carboxylic acids is 1. The number of nitrogens with one attached hydrogen (secondary N) is 1. The monoisotopic (exact) mass is 382 g/mol. The second-order valence-corrected chi connectivity index (χ2v) is 7.11. The number of amides is 1. The first-order valence-electron chi connectivity index (χ1n) is 8.91. The molecule has 138 valence electrons. The Morgan fingerprint density at radius 1 is 1.07 bits per heavy atom. The van der Waals surface area contributed by atoms with Gasteiger partial charge in [0.25, 0.3) is 5.91 Å². The number of rotatable bonds is 4. The Morgan fingerprint density at radius 3 is 2.67 bits per heavy atom. The SMILES string of the molecule is O=C(NC1CCC(n2cc(-c3cnccn3)cn2)CC1)c1cncc(Cl)c1. The van der Waals surface area contributed by atoms with Gasteiger partial charge < -0.3 is 5.32 Å². The lowest BCUT2D eigenvalue weighted by Crippen LogP contribution is -2.38. The van der Waals surface area contributed by atoms with E-state index in [4.69, 9.17) is 11.6 Å². The summed E-state index contributed by atoms with van der Waals surface area (Å²) in [4.78, 5) is 24.7. The Kier molecular flexibility index (Phi) is 5.11. The van der Waals surface area contributed by atoms with Crippen LogP contribution < -0.4 is 5.32 Å². The molecule has 3 aromatic rings. The molecule has 0 atom stereocenters. The molecule has 8 heteroatoms. The molecule has 3 heterocycles. The standard InChI is InChI=1S/C19H19ClN6O/c20-15-7-13(8-22-10-15)19(27)25-16-1-3-17(4-2-16)26-12-14(9-24-26)18-11-21-5-6-23-18/h5-12,16-17H,1-4H2,(H,25,27). The van der Waals surface area contributed by atoms with Gasteiger partial charge in [-0.1, -0.05) is 11.6 Å². The highest BCUT2D eigenvalue weighted by molar-refractivity contribution is 6.30. The van der Waals surface area contributed by atoms with Crippen LogP contribution in [0.1, 0.15) is 42.1 Å². The summed E-state index contributed by atoms with van der Waals surface area (Å²) in [6.07, 6.45) is 15.7. The van der Waals surface area contributed by atoms with Crippen LogP contribution >= 0.6 is 11.6 Å². The highest BCUT2D eigenvalue weighted by atomic mass is 35.5. The third-order valence-electron chi connectivity index (χ3n) is 4.83. The van der Waals surface area contributed by atoms with Gasteiger partial charge in [-0.2, -0.15) is 5.10 Å². The van der Waals surface area contributed by atoms with Crippen molar-refractivity contribution in [3.05, 3.63) is 60.0 Å². The number of pyridine rings is 1. The summed E-state index contributed by atoms with van der Waals surface area (Å²) in [6, 6.07) is 2.12. The maximum absolute atomic E-state index is 12.3. The van der Waals surface area contributed by atoms with Gasteiger partial charge in [0.2, 0.25) is 0 Å². The minimum atomic E-state index is -0.127. The zero-order valence-electron chi connectivity index (χ0n) is 14.6. The lowest BCUT2D eigenvalue weighted by Gasteiger charge is -2.29. The van der Waals surface area contributed by atoms with Crippen LogP contribution in [0.4, 0.5) is 0 Å². The van der Waals surface area contributed by atoms with Crippen molar-refractivity contribution < 1.29 is 4.79 Å². The largest absolute Gasteiger partial charge is 0.349 e. The summed E-state index contributed by atoms with van der Waals surface area (Å²) < 4.78 is 2.00. The molecule has 0 aliphatic heterocycles. The Hall–Kier alpha value is -2.80.